The summed E-state index contributed by atoms with van der Waals surface area (Å²) in [4.78, 5) is 12.5. The average molecular weight is 375 g/mol. The number of amides is 1. The van der Waals surface area contributed by atoms with Gasteiger partial charge in [-0.3, -0.25) is 14.6 Å². The van der Waals surface area contributed by atoms with Crippen molar-refractivity contribution >= 4 is 11.6 Å². The molecule has 2 aromatic carbocycles. The second-order valence-corrected chi connectivity index (χ2v) is 6.54. The zero-order valence-electron chi connectivity index (χ0n) is 15.2. The zero-order chi connectivity index (χ0) is 19.5. The van der Waals surface area contributed by atoms with Crippen LogP contribution in [-0.2, 0) is 6.54 Å². The molecule has 1 amide bonds. The molecule has 0 spiro atoms. The van der Waals surface area contributed by atoms with Gasteiger partial charge in [0.1, 0.15) is 11.5 Å². The number of aromatic nitrogens is 4. The molecule has 0 saturated carbocycles. The van der Waals surface area contributed by atoms with Gasteiger partial charge in [0.15, 0.2) is 0 Å². The van der Waals surface area contributed by atoms with Gasteiger partial charge in [-0.25, -0.2) is 4.39 Å². The molecular formula is C21H18FN5O. The average Bonchev–Trinajstić information content (AvgIpc) is 3.32. The number of rotatable bonds is 5. The van der Waals surface area contributed by atoms with Gasteiger partial charge in [-0.05, 0) is 30.7 Å². The van der Waals surface area contributed by atoms with Gasteiger partial charge in [0.05, 0.1) is 24.1 Å². The van der Waals surface area contributed by atoms with Crippen LogP contribution in [0.15, 0.2) is 67.0 Å². The highest BCUT2D eigenvalue weighted by Crippen LogP contribution is 2.19. The maximum atomic E-state index is 13.3. The first-order valence-electron chi connectivity index (χ1n) is 8.77. The van der Waals surface area contributed by atoms with E-state index in [1.54, 1.807) is 29.2 Å². The molecule has 0 unspecified atom stereocenters. The third-order valence-corrected chi connectivity index (χ3v) is 4.29. The van der Waals surface area contributed by atoms with Crippen molar-refractivity contribution < 1.29 is 9.18 Å². The summed E-state index contributed by atoms with van der Waals surface area (Å²) < 4.78 is 14.9. The summed E-state index contributed by atoms with van der Waals surface area (Å²) in [6.45, 7) is 2.43. The third kappa shape index (κ3) is 3.98. The number of nitrogens with one attached hydrogen (secondary N) is 2. The van der Waals surface area contributed by atoms with E-state index in [9.17, 15) is 9.18 Å². The molecule has 6 nitrogen and oxygen atoms in total. The topological polar surface area (TPSA) is 75.6 Å². The number of carbonyl (C=O) groups is 1. The predicted octanol–water partition coefficient (Wildman–Crippen LogP) is 4.02. The summed E-state index contributed by atoms with van der Waals surface area (Å²) in [5.41, 5.74) is 4.49. The summed E-state index contributed by atoms with van der Waals surface area (Å²) >= 11 is 0. The molecule has 2 heterocycles. The Bertz CT molecular complexity index is 1110. The molecule has 4 rings (SSSR count). The van der Waals surface area contributed by atoms with Crippen LogP contribution in [0.4, 0.5) is 10.1 Å². The summed E-state index contributed by atoms with van der Waals surface area (Å²) in [5, 5.41) is 14.0. The number of hydrogen-bond acceptors (Lipinski definition) is 3. The smallest absolute Gasteiger partial charge is 0.273 e. The lowest BCUT2D eigenvalue weighted by molar-refractivity contribution is 0.102. The van der Waals surface area contributed by atoms with Crippen LogP contribution in [0.5, 0.6) is 0 Å². The van der Waals surface area contributed by atoms with Crippen molar-refractivity contribution in [3.05, 3.63) is 89.6 Å². The molecule has 28 heavy (non-hydrogen) atoms. The van der Waals surface area contributed by atoms with Gasteiger partial charge in [0.2, 0.25) is 0 Å². The van der Waals surface area contributed by atoms with Gasteiger partial charge in [0.25, 0.3) is 5.91 Å². The molecule has 0 aliphatic carbocycles. The number of aryl methyl sites for hydroxylation is 1. The Kier molecular flexibility index (Phi) is 4.72. The number of carbonyl (C=O) groups excluding carboxylic acids is 1. The molecule has 0 saturated heterocycles. The number of hydrogen-bond donors (Lipinski definition) is 2. The van der Waals surface area contributed by atoms with Crippen LogP contribution in [0.3, 0.4) is 0 Å². The number of halogens is 1. The van der Waals surface area contributed by atoms with Crippen LogP contribution in [0, 0.1) is 12.7 Å². The second-order valence-electron chi connectivity index (χ2n) is 6.54. The number of nitrogens with zero attached hydrogens (tertiary/aromatic N) is 3. The molecule has 0 radical (unpaired) electrons. The summed E-state index contributed by atoms with van der Waals surface area (Å²) in [5.74, 6) is -0.599. The largest absolute Gasteiger partial charge is 0.318 e. The molecule has 0 aliphatic heterocycles. The molecule has 0 fully saturated rings. The van der Waals surface area contributed by atoms with E-state index < -0.39 is 0 Å². The van der Waals surface area contributed by atoms with Gasteiger partial charge >= 0.3 is 0 Å². The van der Waals surface area contributed by atoms with Crippen LogP contribution in [0.2, 0.25) is 0 Å². The fourth-order valence-electron chi connectivity index (χ4n) is 2.85. The Morgan fingerprint density at radius 3 is 2.79 bits per heavy atom. The number of benzene rings is 2. The van der Waals surface area contributed by atoms with Crippen LogP contribution in [0.25, 0.3) is 11.3 Å². The minimum absolute atomic E-state index is 0.290. The van der Waals surface area contributed by atoms with Crippen molar-refractivity contribution in [1.82, 2.24) is 20.0 Å². The van der Waals surface area contributed by atoms with E-state index in [-0.39, 0.29) is 11.7 Å². The van der Waals surface area contributed by atoms with Crippen LogP contribution >= 0.6 is 0 Å². The van der Waals surface area contributed by atoms with E-state index in [4.69, 9.17) is 0 Å². The number of H-pyrrole nitrogens is 1. The van der Waals surface area contributed by atoms with E-state index in [2.05, 4.69) is 20.6 Å². The summed E-state index contributed by atoms with van der Waals surface area (Å²) in [6.07, 6.45) is 3.24. The van der Waals surface area contributed by atoms with Gasteiger partial charge in [-0.2, -0.15) is 10.2 Å². The molecule has 7 heteroatoms. The SMILES string of the molecule is Cc1ccc(-c2cc(C(=O)Nc3cnn(Cc4cccc(F)c4)c3)[nH]n2)cc1. The predicted molar refractivity (Wildman–Crippen MR) is 104 cm³/mol. The maximum Gasteiger partial charge on any atom is 0.273 e. The van der Waals surface area contributed by atoms with Crippen molar-refractivity contribution in [3.63, 3.8) is 0 Å². The fourth-order valence-corrected chi connectivity index (χ4v) is 2.85. The highest BCUT2D eigenvalue weighted by molar-refractivity contribution is 6.03. The monoisotopic (exact) mass is 375 g/mol. The Morgan fingerprint density at radius 2 is 2.00 bits per heavy atom. The van der Waals surface area contributed by atoms with E-state index >= 15 is 0 Å². The third-order valence-electron chi connectivity index (χ3n) is 4.29. The molecule has 2 aromatic heterocycles. The van der Waals surface area contributed by atoms with Gasteiger partial charge in [-0.1, -0.05) is 42.0 Å². The Balaban J connectivity index is 1.43. The van der Waals surface area contributed by atoms with Crippen molar-refractivity contribution in [2.75, 3.05) is 5.32 Å². The van der Waals surface area contributed by atoms with Crippen LogP contribution in [0.1, 0.15) is 21.6 Å². The van der Waals surface area contributed by atoms with Gasteiger partial charge in [-0.15, -0.1) is 0 Å². The first-order chi connectivity index (χ1) is 13.6. The summed E-state index contributed by atoms with van der Waals surface area (Å²) in [6, 6.07) is 15.9. The Morgan fingerprint density at radius 1 is 1.18 bits per heavy atom. The quantitative estimate of drug-likeness (QED) is 0.553. The molecule has 0 aliphatic rings. The molecule has 2 N–H and O–H groups in total. The van der Waals surface area contributed by atoms with Gasteiger partial charge in [0, 0.05) is 11.8 Å². The number of aromatic amines is 1. The highest BCUT2D eigenvalue weighted by atomic mass is 19.1. The fraction of sp³-hybridized carbons (Fsp3) is 0.0952. The normalized spacial score (nSPS) is 10.8. The van der Waals surface area contributed by atoms with E-state index in [0.717, 1.165) is 16.7 Å². The first kappa shape index (κ1) is 17.7. The zero-order valence-corrected chi connectivity index (χ0v) is 15.2. The first-order valence-corrected chi connectivity index (χ1v) is 8.77. The van der Waals surface area contributed by atoms with E-state index in [0.29, 0.717) is 23.6 Å². The van der Waals surface area contributed by atoms with Crippen molar-refractivity contribution in [2.45, 2.75) is 13.5 Å². The lowest BCUT2D eigenvalue weighted by atomic mass is 10.1. The lowest BCUT2D eigenvalue weighted by Gasteiger charge is -2.02. The minimum Gasteiger partial charge on any atom is -0.318 e. The summed E-state index contributed by atoms with van der Waals surface area (Å²) in [7, 11) is 0. The Labute approximate surface area is 161 Å². The molecule has 4 aromatic rings. The van der Waals surface area contributed by atoms with E-state index in [1.807, 2.05) is 37.3 Å². The Hall–Kier alpha value is -3.74. The van der Waals surface area contributed by atoms with Crippen molar-refractivity contribution in [3.8, 4) is 11.3 Å². The number of anilines is 1. The van der Waals surface area contributed by atoms with Crippen LogP contribution in [-0.4, -0.2) is 25.9 Å². The molecule has 0 bridgehead atoms. The van der Waals surface area contributed by atoms with Crippen LogP contribution < -0.4 is 5.32 Å². The molecule has 140 valence electrons. The van der Waals surface area contributed by atoms with E-state index in [1.165, 1.54) is 12.1 Å². The maximum absolute atomic E-state index is 13.3. The minimum atomic E-state index is -0.309. The highest BCUT2D eigenvalue weighted by Gasteiger charge is 2.12. The molecule has 0 atom stereocenters. The molecular weight excluding hydrogens is 357 g/mol. The lowest BCUT2D eigenvalue weighted by Crippen LogP contribution is -2.11. The standard InChI is InChI=1S/C21H18FN5O/c1-14-5-7-16(8-6-14)19-10-20(26-25-19)21(28)24-18-11-23-27(13-18)12-15-3-2-4-17(22)9-15/h2-11,13H,12H2,1H3,(H,24,28)(H,25,26). The second kappa shape index (κ2) is 7.48. The van der Waals surface area contributed by atoms with Gasteiger partial charge < -0.3 is 5.32 Å². The van der Waals surface area contributed by atoms with Crippen molar-refractivity contribution in [2.24, 2.45) is 0 Å². The van der Waals surface area contributed by atoms with Crippen molar-refractivity contribution in [1.29, 1.82) is 0 Å².